The number of hydrogen-bond acceptors (Lipinski definition) is 5. The molecule has 0 bridgehead atoms. The summed E-state index contributed by atoms with van der Waals surface area (Å²) < 4.78 is 76.7. The minimum atomic E-state index is -5.08. The summed E-state index contributed by atoms with van der Waals surface area (Å²) >= 11 is 0. The fraction of sp³-hybridized carbons (Fsp3) is 0.406. The van der Waals surface area contributed by atoms with Crippen molar-refractivity contribution in [2.45, 2.75) is 57.9 Å². The van der Waals surface area contributed by atoms with E-state index in [1.54, 1.807) is 12.3 Å². The molecule has 0 saturated carbocycles. The third-order valence-corrected chi connectivity index (χ3v) is 7.23. The lowest BCUT2D eigenvalue weighted by molar-refractivity contribution is -0.274. The molecule has 1 aliphatic heterocycles. The summed E-state index contributed by atoms with van der Waals surface area (Å²) in [6, 6.07) is 13.1. The van der Waals surface area contributed by atoms with Gasteiger partial charge in [-0.1, -0.05) is 36.4 Å². The second-order valence-corrected chi connectivity index (χ2v) is 12.2. The molecular weight excluding hydrogens is 650 g/mol. The minimum Gasteiger partial charge on any atom is -0.475 e. The Morgan fingerprint density at radius 2 is 1.58 bits per heavy atom. The van der Waals surface area contributed by atoms with Crippen molar-refractivity contribution < 1.29 is 55.7 Å². The maximum absolute atomic E-state index is 13.3. The molecule has 2 aromatic carbocycles. The second kappa shape index (κ2) is 14.6. The first-order chi connectivity index (χ1) is 22.1. The standard InChI is InChI=1S/C30H35F3N4O4.C2HF3O2/c1-29(2,3)37(28(39)40)14-13-22-16-34-27(38)26-25(20-11-9-19(10-12-20)17-35(4)5)24(18-36(22)26)21-7-6-8-23(15-21)41-30(31,32)33;3-2(4,5)1(6)7/h6-12,15,18,22H,13-14,16-17H2,1-5H3,(H,34,38)(H,39,40);(H,6,7)/t22-;/m0./s1. The van der Waals surface area contributed by atoms with Gasteiger partial charge in [-0.25, -0.2) is 9.59 Å². The van der Waals surface area contributed by atoms with Gasteiger partial charge in [0, 0.05) is 42.5 Å². The lowest BCUT2D eigenvalue weighted by Crippen LogP contribution is -2.47. The Morgan fingerprint density at radius 3 is 2.08 bits per heavy atom. The summed E-state index contributed by atoms with van der Waals surface area (Å²) in [5, 5.41) is 19.8. The summed E-state index contributed by atoms with van der Waals surface area (Å²) in [6.07, 6.45) is -8.77. The van der Waals surface area contributed by atoms with Gasteiger partial charge in [0.1, 0.15) is 11.4 Å². The molecule has 16 heteroatoms. The SMILES string of the molecule is CN(C)Cc1ccc(-c2c(-c3cccc(OC(F)(F)F)c3)cn3c2C(=O)NC[C@@H]3CCN(C(=O)O)C(C)(C)C)cc1.O=C(O)C(F)(F)F. The number of nitrogens with zero attached hydrogens (tertiary/aromatic N) is 3. The lowest BCUT2D eigenvalue weighted by Gasteiger charge is -2.35. The van der Waals surface area contributed by atoms with Crippen LogP contribution in [0.25, 0.3) is 22.3 Å². The Hall–Kier alpha value is -4.73. The molecule has 1 aliphatic rings. The maximum atomic E-state index is 13.3. The summed E-state index contributed by atoms with van der Waals surface area (Å²) in [6.45, 7) is 6.69. The fourth-order valence-electron chi connectivity index (χ4n) is 5.19. The number of halogens is 6. The van der Waals surface area contributed by atoms with E-state index in [9.17, 15) is 41.0 Å². The van der Waals surface area contributed by atoms with Gasteiger partial charge in [0.2, 0.25) is 0 Å². The number of carbonyl (C=O) groups excluding carboxylic acids is 1. The summed E-state index contributed by atoms with van der Waals surface area (Å²) in [4.78, 5) is 37.5. The van der Waals surface area contributed by atoms with Gasteiger partial charge in [0.15, 0.2) is 0 Å². The highest BCUT2D eigenvalue weighted by atomic mass is 19.4. The molecule has 0 fully saturated rings. The van der Waals surface area contributed by atoms with E-state index in [0.717, 1.165) is 11.1 Å². The largest absolute Gasteiger partial charge is 0.573 e. The highest BCUT2D eigenvalue weighted by Crippen LogP contribution is 2.41. The van der Waals surface area contributed by atoms with Gasteiger partial charge < -0.3 is 34.6 Å². The number of rotatable bonds is 8. The number of alkyl halides is 6. The Balaban J connectivity index is 0.000000804. The van der Waals surface area contributed by atoms with Crippen LogP contribution in [0.15, 0.2) is 54.7 Å². The number of carbonyl (C=O) groups is 3. The van der Waals surface area contributed by atoms with Crippen molar-refractivity contribution in [3.8, 4) is 28.0 Å². The summed E-state index contributed by atoms with van der Waals surface area (Å²) in [7, 11) is 3.92. The molecular formula is C32H36F6N4O6. The highest BCUT2D eigenvalue weighted by Gasteiger charge is 2.38. The molecule has 48 heavy (non-hydrogen) atoms. The van der Waals surface area contributed by atoms with Crippen LogP contribution < -0.4 is 10.1 Å². The average molecular weight is 687 g/mol. The first-order valence-corrected chi connectivity index (χ1v) is 14.5. The number of nitrogens with one attached hydrogen (secondary N) is 1. The maximum Gasteiger partial charge on any atom is 0.573 e. The molecule has 1 atom stereocenters. The number of hydrogen-bond donors (Lipinski definition) is 3. The number of amides is 2. The molecule has 0 aliphatic carbocycles. The molecule has 4 rings (SSSR count). The van der Waals surface area contributed by atoms with Gasteiger partial charge in [0.05, 0.1) is 6.04 Å². The summed E-state index contributed by atoms with van der Waals surface area (Å²) in [5.74, 6) is -3.43. The van der Waals surface area contributed by atoms with Crippen LogP contribution in [0, 0.1) is 0 Å². The Bertz CT molecular complexity index is 1610. The predicted octanol–water partition coefficient (Wildman–Crippen LogP) is 6.87. The highest BCUT2D eigenvalue weighted by molar-refractivity contribution is 6.05. The smallest absolute Gasteiger partial charge is 0.475 e. The van der Waals surface area contributed by atoms with E-state index in [1.807, 2.05) is 68.6 Å². The molecule has 1 aromatic heterocycles. The second-order valence-electron chi connectivity index (χ2n) is 12.2. The van der Waals surface area contributed by atoms with Crippen molar-refractivity contribution >= 4 is 18.0 Å². The van der Waals surface area contributed by atoms with Crippen LogP contribution in [-0.2, 0) is 11.3 Å². The monoisotopic (exact) mass is 686 g/mol. The number of fused-ring (bicyclic) bond motifs is 1. The number of carboxylic acid groups (broad SMARTS) is 2. The number of aromatic nitrogens is 1. The van der Waals surface area contributed by atoms with E-state index in [2.05, 4.69) is 10.1 Å². The quantitative estimate of drug-likeness (QED) is 0.221. The van der Waals surface area contributed by atoms with E-state index in [4.69, 9.17) is 9.90 Å². The van der Waals surface area contributed by atoms with E-state index in [-0.39, 0.29) is 30.8 Å². The molecule has 0 spiro atoms. The molecule has 0 unspecified atom stereocenters. The Morgan fingerprint density at radius 1 is 0.979 bits per heavy atom. The third kappa shape index (κ3) is 9.89. The van der Waals surface area contributed by atoms with Crippen LogP contribution in [0.3, 0.4) is 0 Å². The molecule has 2 heterocycles. The van der Waals surface area contributed by atoms with Crippen molar-refractivity contribution in [3.63, 3.8) is 0 Å². The first-order valence-electron chi connectivity index (χ1n) is 14.5. The van der Waals surface area contributed by atoms with Crippen molar-refractivity contribution in [2.24, 2.45) is 0 Å². The van der Waals surface area contributed by atoms with Gasteiger partial charge >= 0.3 is 24.6 Å². The molecule has 0 saturated heterocycles. The molecule has 10 nitrogen and oxygen atoms in total. The predicted molar refractivity (Wildman–Crippen MR) is 164 cm³/mol. The van der Waals surface area contributed by atoms with E-state index < -0.39 is 30.1 Å². The fourth-order valence-corrected chi connectivity index (χ4v) is 5.19. The van der Waals surface area contributed by atoms with Crippen LogP contribution in [0.1, 0.15) is 49.3 Å². The van der Waals surface area contributed by atoms with E-state index in [1.165, 1.54) is 23.1 Å². The Kier molecular flexibility index (Phi) is 11.5. The zero-order valence-corrected chi connectivity index (χ0v) is 26.7. The molecule has 2 amide bonds. The van der Waals surface area contributed by atoms with Crippen LogP contribution in [-0.4, -0.2) is 87.8 Å². The van der Waals surface area contributed by atoms with Gasteiger partial charge in [0.25, 0.3) is 5.91 Å². The third-order valence-electron chi connectivity index (χ3n) is 7.23. The average Bonchev–Trinajstić information content (AvgIpc) is 3.34. The van der Waals surface area contributed by atoms with Crippen LogP contribution in [0.4, 0.5) is 31.1 Å². The van der Waals surface area contributed by atoms with E-state index in [0.29, 0.717) is 35.3 Å². The Labute approximate surface area is 272 Å². The van der Waals surface area contributed by atoms with Gasteiger partial charge in [-0.3, -0.25) is 4.79 Å². The van der Waals surface area contributed by atoms with Crippen LogP contribution in [0.5, 0.6) is 5.75 Å². The van der Waals surface area contributed by atoms with Gasteiger partial charge in [-0.05, 0) is 70.1 Å². The molecule has 3 aromatic rings. The number of ether oxygens (including phenoxy) is 1. The van der Waals surface area contributed by atoms with E-state index >= 15 is 0 Å². The van der Waals surface area contributed by atoms with Crippen molar-refractivity contribution in [1.82, 2.24) is 19.7 Å². The first kappa shape index (κ1) is 37.7. The van der Waals surface area contributed by atoms with Crippen LogP contribution >= 0.6 is 0 Å². The van der Waals surface area contributed by atoms with Crippen molar-refractivity contribution in [3.05, 3.63) is 66.0 Å². The number of aliphatic carboxylic acids is 1. The van der Waals surface area contributed by atoms with Crippen molar-refractivity contribution in [2.75, 3.05) is 27.2 Å². The van der Waals surface area contributed by atoms with Gasteiger partial charge in [-0.15, -0.1) is 13.2 Å². The lowest BCUT2D eigenvalue weighted by atomic mass is 9.95. The molecule has 3 N–H and O–H groups in total. The number of benzene rings is 2. The van der Waals surface area contributed by atoms with Crippen LogP contribution in [0.2, 0.25) is 0 Å². The minimum absolute atomic E-state index is 0.232. The molecule has 262 valence electrons. The molecule has 0 radical (unpaired) electrons. The zero-order chi connectivity index (χ0) is 36.2. The topological polar surface area (TPSA) is 124 Å². The van der Waals surface area contributed by atoms with Crippen molar-refractivity contribution in [1.29, 1.82) is 0 Å². The number of carboxylic acids is 1. The van der Waals surface area contributed by atoms with Gasteiger partial charge in [-0.2, -0.15) is 13.2 Å². The zero-order valence-electron chi connectivity index (χ0n) is 26.7. The summed E-state index contributed by atoms with van der Waals surface area (Å²) in [5.41, 5.74) is 3.15. The normalized spacial score (nSPS) is 14.8.